The first-order valence-corrected chi connectivity index (χ1v) is 6.89. The van der Waals surface area contributed by atoms with Gasteiger partial charge in [-0.3, -0.25) is 0 Å². The van der Waals surface area contributed by atoms with Gasteiger partial charge in [0.15, 0.2) is 0 Å². The number of rotatable bonds is 4. The topological polar surface area (TPSA) is 56.5 Å². The summed E-state index contributed by atoms with van der Waals surface area (Å²) in [6, 6.07) is 9.50. The summed E-state index contributed by atoms with van der Waals surface area (Å²) in [7, 11) is 3.25. The van der Waals surface area contributed by atoms with E-state index in [1.54, 1.807) is 14.2 Å². The van der Waals surface area contributed by atoms with E-state index < -0.39 is 0 Å². The van der Waals surface area contributed by atoms with Crippen molar-refractivity contribution in [3.63, 3.8) is 0 Å². The maximum Gasteiger partial charge on any atom is 0.145 e. The van der Waals surface area contributed by atoms with Gasteiger partial charge in [-0.15, -0.1) is 0 Å². The molecule has 106 valence electrons. The van der Waals surface area contributed by atoms with Crippen LogP contribution < -0.4 is 20.5 Å². The van der Waals surface area contributed by atoms with Crippen LogP contribution in [0, 0.1) is 6.92 Å². The first-order valence-electron chi connectivity index (χ1n) is 6.10. The van der Waals surface area contributed by atoms with E-state index in [0.29, 0.717) is 5.75 Å². The van der Waals surface area contributed by atoms with Gasteiger partial charge in [0.25, 0.3) is 0 Å². The lowest BCUT2D eigenvalue weighted by atomic mass is 10.1. The summed E-state index contributed by atoms with van der Waals surface area (Å²) in [4.78, 5) is 0. The lowest BCUT2D eigenvalue weighted by molar-refractivity contribution is 0.395. The first kappa shape index (κ1) is 14.5. The Hall–Kier alpha value is -1.88. The molecule has 0 aliphatic rings. The van der Waals surface area contributed by atoms with Gasteiger partial charge in [0.05, 0.1) is 25.6 Å². The smallest absolute Gasteiger partial charge is 0.145 e. The summed E-state index contributed by atoms with van der Waals surface area (Å²) in [5, 5.41) is 3.33. The Labute approximate surface area is 127 Å². The summed E-state index contributed by atoms with van der Waals surface area (Å²) >= 11 is 3.51. The van der Waals surface area contributed by atoms with Crippen molar-refractivity contribution in [2.75, 3.05) is 25.3 Å². The zero-order valence-corrected chi connectivity index (χ0v) is 13.2. The monoisotopic (exact) mass is 336 g/mol. The number of nitrogen functional groups attached to an aromatic ring is 1. The molecule has 0 atom stereocenters. The molecule has 0 fully saturated rings. The number of nitrogens with two attached hydrogens (primary N) is 1. The van der Waals surface area contributed by atoms with Crippen LogP contribution in [0.15, 0.2) is 34.8 Å². The number of anilines is 3. The molecule has 2 aromatic rings. The van der Waals surface area contributed by atoms with Crippen molar-refractivity contribution in [2.24, 2.45) is 0 Å². The van der Waals surface area contributed by atoms with E-state index >= 15 is 0 Å². The van der Waals surface area contributed by atoms with E-state index in [1.165, 1.54) is 0 Å². The van der Waals surface area contributed by atoms with Crippen LogP contribution in [0.4, 0.5) is 17.1 Å². The van der Waals surface area contributed by atoms with Gasteiger partial charge < -0.3 is 20.5 Å². The van der Waals surface area contributed by atoms with Crippen molar-refractivity contribution < 1.29 is 9.47 Å². The van der Waals surface area contributed by atoms with Crippen molar-refractivity contribution in [3.8, 4) is 11.5 Å². The van der Waals surface area contributed by atoms with Crippen molar-refractivity contribution in [2.45, 2.75) is 6.92 Å². The third-order valence-electron chi connectivity index (χ3n) is 3.03. The highest BCUT2D eigenvalue weighted by atomic mass is 79.9. The molecule has 2 rings (SSSR count). The number of benzene rings is 2. The van der Waals surface area contributed by atoms with Crippen molar-refractivity contribution in [3.05, 3.63) is 40.4 Å². The summed E-state index contributed by atoms with van der Waals surface area (Å²) < 4.78 is 11.5. The number of hydrogen-bond acceptors (Lipinski definition) is 4. The van der Waals surface area contributed by atoms with Crippen LogP contribution in [0.1, 0.15) is 5.56 Å². The van der Waals surface area contributed by atoms with Gasteiger partial charge in [-0.25, -0.2) is 0 Å². The highest BCUT2D eigenvalue weighted by Gasteiger charge is 2.08. The molecule has 3 N–H and O–H groups in total. The van der Waals surface area contributed by atoms with Crippen LogP contribution in [0.2, 0.25) is 0 Å². The Bertz CT molecular complexity index is 630. The highest BCUT2D eigenvalue weighted by molar-refractivity contribution is 9.10. The fraction of sp³-hybridized carbons (Fsp3) is 0.200. The predicted molar refractivity (Wildman–Crippen MR) is 86.1 cm³/mol. The van der Waals surface area contributed by atoms with E-state index in [9.17, 15) is 0 Å². The van der Waals surface area contributed by atoms with Crippen LogP contribution in [-0.4, -0.2) is 14.2 Å². The fourth-order valence-corrected chi connectivity index (χ4v) is 2.30. The molecule has 0 heterocycles. The third-order valence-corrected chi connectivity index (χ3v) is 3.69. The fourth-order valence-electron chi connectivity index (χ4n) is 1.84. The van der Waals surface area contributed by atoms with Gasteiger partial charge in [0.1, 0.15) is 11.5 Å². The minimum Gasteiger partial charge on any atom is -0.497 e. The molecule has 0 saturated heterocycles. The average Bonchev–Trinajstić information content (AvgIpc) is 2.45. The Morgan fingerprint density at radius 2 is 1.80 bits per heavy atom. The molecule has 0 unspecified atom stereocenters. The van der Waals surface area contributed by atoms with Crippen molar-refractivity contribution in [1.29, 1.82) is 0 Å². The number of nitrogens with one attached hydrogen (secondary N) is 1. The van der Waals surface area contributed by atoms with E-state index in [0.717, 1.165) is 32.8 Å². The molecule has 0 aliphatic heterocycles. The number of hydrogen-bond donors (Lipinski definition) is 2. The standard InChI is InChI=1S/C15H17BrN2O2/c1-9-6-14(11(16)8-12(9)17)18-13-5-4-10(19-2)7-15(13)20-3/h4-8,18H,17H2,1-3H3. The van der Waals surface area contributed by atoms with Gasteiger partial charge in [0, 0.05) is 16.2 Å². The van der Waals surface area contributed by atoms with Crippen molar-refractivity contribution >= 4 is 33.0 Å². The number of methoxy groups -OCH3 is 2. The Morgan fingerprint density at radius 3 is 2.45 bits per heavy atom. The molecule has 0 saturated carbocycles. The van der Waals surface area contributed by atoms with Crippen LogP contribution in [-0.2, 0) is 0 Å². The van der Waals surface area contributed by atoms with E-state index in [2.05, 4.69) is 21.2 Å². The second-order valence-electron chi connectivity index (χ2n) is 4.38. The summed E-state index contributed by atoms with van der Waals surface area (Å²) in [5.41, 5.74) is 9.44. The average molecular weight is 337 g/mol. The summed E-state index contributed by atoms with van der Waals surface area (Å²) in [6.07, 6.45) is 0. The maximum absolute atomic E-state index is 5.88. The van der Waals surface area contributed by atoms with Gasteiger partial charge in [-0.2, -0.15) is 0 Å². The molecule has 0 bridgehead atoms. The van der Waals surface area contributed by atoms with E-state index in [-0.39, 0.29) is 0 Å². The van der Waals surface area contributed by atoms with Crippen LogP contribution in [0.3, 0.4) is 0 Å². The number of ether oxygens (including phenoxy) is 2. The zero-order valence-electron chi connectivity index (χ0n) is 11.7. The maximum atomic E-state index is 5.88. The van der Waals surface area contributed by atoms with Gasteiger partial charge in [-0.1, -0.05) is 0 Å². The molecular weight excluding hydrogens is 320 g/mol. The predicted octanol–water partition coefficient (Wildman–Crippen LogP) is 4.10. The Kier molecular flexibility index (Phi) is 4.39. The molecule has 0 spiro atoms. The summed E-state index contributed by atoms with van der Waals surface area (Å²) in [5.74, 6) is 1.46. The van der Waals surface area contributed by atoms with Crippen molar-refractivity contribution in [1.82, 2.24) is 0 Å². The Balaban J connectivity index is 2.37. The molecule has 2 aromatic carbocycles. The largest absolute Gasteiger partial charge is 0.497 e. The molecule has 0 aromatic heterocycles. The second-order valence-corrected chi connectivity index (χ2v) is 5.23. The van der Waals surface area contributed by atoms with Gasteiger partial charge in [-0.05, 0) is 52.7 Å². The molecule has 20 heavy (non-hydrogen) atoms. The molecule has 0 radical (unpaired) electrons. The third kappa shape index (κ3) is 2.99. The van der Waals surface area contributed by atoms with Crippen LogP contribution >= 0.6 is 15.9 Å². The van der Waals surface area contributed by atoms with E-state index in [4.69, 9.17) is 15.2 Å². The summed E-state index contributed by atoms with van der Waals surface area (Å²) in [6.45, 7) is 1.97. The second kappa shape index (κ2) is 6.05. The lowest BCUT2D eigenvalue weighted by Gasteiger charge is -2.15. The highest BCUT2D eigenvalue weighted by Crippen LogP contribution is 2.35. The normalized spacial score (nSPS) is 10.2. The molecule has 0 amide bonds. The molecule has 5 heteroatoms. The molecular formula is C15H17BrN2O2. The minimum atomic E-state index is 0.714. The quantitative estimate of drug-likeness (QED) is 0.825. The zero-order chi connectivity index (χ0) is 14.7. The van der Waals surface area contributed by atoms with Gasteiger partial charge in [0.2, 0.25) is 0 Å². The SMILES string of the molecule is COc1ccc(Nc2cc(C)c(N)cc2Br)c(OC)c1. The molecule has 4 nitrogen and oxygen atoms in total. The van der Waals surface area contributed by atoms with Gasteiger partial charge >= 0.3 is 0 Å². The number of halogens is 1. The first-order chi connectivity index (χ1) is 9.55. The van der Waals surface area contributed by atoms with E-state index in [1.807, 2.05) is 37.3 Å². The lowest BCUT2D eigenvalue weighted by Crippen LogP contribution is -1.98. The minimum absolute atomic E-state index is 0.714. The van der Waals surface area contributed by atoms with Crippen LogP contribution in [0.5, 0.6) is 11.5 Å². The Morgan fingerprint density at radius 1 is 1.05 bits per heavy atom. The number of aryl methyl sites for hydroxylation is 1. The van der Waals surface area contributed by atoms with Crippen LogP contribution in [0.25, 0.3) is 0 Å². The molecule has 0 aliphatic carbocycles.